The zero-order valence-electron chi connectivity index (χ0n) is 13.3. The highest BCUT2D eigenvalue weighted by Gasteiger charge is 2.10. The summed E-state index contributed by atoms with van der Waals surface area (Å²) in [6, 6.07) is 14.3. The minimum atomic E-state index is -0.223. The molecule has 0 aliphatic heterocycles. The van der Waals surface area contributed by atoms with E-state index < -0.39 is 0 Å². The second-order valence-corrected chi connectivity index (χ2v) is 6.17. The van der Waals surface area contributed by atoms with Gasteiger partial charge in [-0.05, 0) is 29.3 Å². The van der Waals surface area contributed by atoms with Crippen LogP contribution in [-0.2, 0) is 17.1 Å². The molecule has 5 heteroatoms. The summed E-state index contributed by atoms with van der Waals surface area (Å²) >= 11 is 1.42. The van der Waals surface area contributed by atoms with Crippen LogP contribution in [0.25, 0.3) is 0 Å². The summed E-state index contributed by atoms with van der Waals surface area (Å²) in [5, 5.41) is 0. The molecule has 0 heterocycles. The lowest BCUT2D eigenvalue weighted by Crippen LogP contribution is -2.27. The Balaban J connectivity index is 1.79. The number of carbonyl (C=O) groups excluding carboxylic acids is 1. The van der Waals surface area contributed by atoms with Crippen molar-refractivity contribution < 1.29 is 13.9 Å². The van der Waals surface area contributed by atoms with E-state index in [1.165, 1.54) is 17.8 Å². The van der Waals surface area contributed by atoms with Crippen LogP contribution < -0.4 is 4.74 Å². The number of methoxy groups -OCH3 is 1. The molecule has 0 aromatic heterocycles. The molecule has 0 saturated carbocycles. The second kappa shape index (κ2) is 8.58. The van der Waals surface area contributed by atoms with E-state index in [0.717, 1.165) is 11.3 Å². The number of benzene rings is 2. The molecule has 1 amide bonds. The van der Waals surface area contributed by atoms with E-state index in [9.17, 15) is 9.18 Å². The van der Waals surface area contributed by atoms with E-state index in [0.29, 0.717) is 23.6 Å². The topological polar surface area (TPSA) is 29.5 Å². The van der Waals surface area contributed by atoms with Crippen molar-refractivity contribution in [2.75, 3.05) is 19.9 Å². The molecular weight excluding hydrogens is 313 g/mol. The van der Waals surface area contributed by atoms with Crippen LogP contribution in [0.5, 0.6) is 5.75 Å². The Labute approximate surface area is 140 Å². The van der Waals surface area contributed by atoms with Crippen LogP contribution in [0.4, 0.5) is 4.39 Å². The Morgan fingerprint density at radius 3 is 2.52 bits per heavy atom. The van der Waals surface area contributed by atoms with Gasteiger partial charge in [-0.15, -0.1) is 11.8 Å². The molecule has 2 rings (SSSR count). The third-order valence-electron chi connectivity index (χ3n) is 3.45. The van der Waals surface area contributed by atoms with Crippen LogP contribution in [0.1, 0.15) is 11.1 Å². The van der Waals surface area contributed by atoms with Gasteiger partial charge in [-0.2, -0.15) is 0 Å². The Morgan fingerprint density at radius 2 is 1.87 bits per heavy atom. The van der Waals surface area contributed by atoms with Crippen molar-refractivity contribution in [2.24, 2.45) is 0 Å². The largest absolute Gasteiger partial charge is 0.497 e. The van der Waals surface area contributed by atoms with E-state index in [-0.39, 0.29) is 11.7 Å². The molecule has 0 saturated heterocycles. The standard InChI is InChI=1S/C18H20FNO2S/c1-20(11-14-7-9-16(22-2)10-8-14)18(21)13-23-12-15-5-3-4-6-17(15)19/h3-10H,11-13H2,1-2H3. The summed E-state index contributed by atoms with van der Waals surface area (Å²) in [6.45, 7) is 0.545. The first kappa shape index (κ1) is 17.3. The Bertz CT molecular complexity index is 646. The van der Waals surface area contributed by atoms with Gasteiger partial charge < -0.3 is 9.64 Å². The molecule has 0 radical (unpaired) electrons. The van der Waals surface area contributed by atoms with Crippen molar-refractivity contribution in [1.82, 2.24) is 4.90 Å². The summed E-state index contributed by atoms with van der Waals surface area (Å²) in [6.07, 6.45) is 0. The van der Waals surface area contributed by atoms with E-state index in [2.05, 4.69) is 0 Å². The zero-order valence-corrected chi connectivity index (χ0v) is 14.1. The molecule has 0 bridgehead atoms. The van der Waals surface area contributed by atoms with Gasteiger partial charge in [-0.1, -0.05) is 30.3 Å². The maximum absolute atomic E-state index is 13.5. The molecule has 122 valence electrons. The number of carbonyl (C=O) groups is 1. The number of amides is 1. The van der Waals surface area contributed by atoms with Crippen molar-refractivity contribution in [1.29, 1.82) is 0 Å². The molecule has 0 spiro atoms. The highest BCUT2D eigenvalue weighted by Crippen LogP contribution is 2.17. The summed E-state index contributed by atoms with van der Waals surface area (Å²) in [4.78, 5) is 13.8. The van der Waals surface area contributed by atoms with Crippen LogP contribution in [0.3, 0.4) is 0 Å². The molecular formula is C18H20FNO2S. The first-order valence-corrected chi connectivity index (χ1v) is 8.43. The Hall–Kier alpha value is -2.01. The lowest BCUT2D eigenvalue weighted by atomic mass is 10.2. The molecule has 0 unspecified atom stereocenters. The van der Waals surface area contributed by atoms with Gasteiger partial charge in [0, 0.05) is 19.3 Å². The fourth-order valence-corrected chi connectivity index (χ4v) is 3.02. The summed E-state index contributed by atoms with van der Waals surface area (Å²) in [7, 11) is 3.40. The number of ether oxygens (including phenoxy) is 1. The first-order valence-electron chi connectivity index (χ1n) is 7.28. The summed E-state index contributed by atoms with van der Waals surface area (Å²) in [5.74, 6) is 1.43. The average Bonchev–Trinajstić information content (AvgIpc) is 2.57. The van der Waals surface area contributed by atoms with Gasteiger partial charge in [0.05, 0.1) is 12.9 Å². The predicted molar refractivity (Wildman–Crippen MR) is 92.0 cm³/mol. The van der Waals surface area contributed by atoms with Crippen molar-refractivity contribution in [2.45, 2.75) is 12.3 Å². The first-order chi connectivity index (χ1) is 11.1. The molecule has 0 N–H and O–H groups in total. The lowest BCUT2D eigenvalue weighted by Gasteiger charge is -2.17. The van der Waals surface area contributed by atoms with Gasteiger partial charge in [0.1, 0.15) is 11.6 Å². The number of rotatable bonds is 7. The Morgan fingerprint density at radius 1 is 1.17 bits per heavy atom. The van der Waals surface area contributed by atoms with Gasteiger partial charge in [0.25, 0.3) is 0 Å². The van der Waals surface area contributed by atoms with Gasteiger partial charge in [0.2, 0.25) is 5.91 Å². The minimum Gasteiger partial charge on any atom is -0.497 e. The maximum Gasteiger partial charge on any atom is 0.232 e. The van der Waals surface area contributed by atoms with Crippen molar-refractivity contribution >= 4 is 17.7 Å². The molecule has 0 aliphatic rings. The van der Waals surface area contributed by atoms with Gasteiger partial charge in [-0.25, -0.2) is 4.39 Å². The Kier molecular flexibility index (Phi) is 6.47. The molecule has 2 aromatic carbocycles. The quantitative estimate of drug-likeness (QED) is 0.773. The molecule has 0 atom stereocenters. The minimum absolute atomic E-state index is 0.0298. The monoisotopic (exact) mass is 333 g/mol. The fourth-order valence-electron chi connectivity index (χ4n) is 2.07. The van der Waals surface area contributed by atoms with Crippen LogP contribution in [0.15, 0.2) is 48.5 Å². The van der Waals surface area contributed by atoms with E-state index in [1.807, 2.05) is 24.3 Å². The number of hydrogen-bond donors (Lipinski definition) is 0. The highest BCUT2D eigenvalue weighted by atomic mass is 32.2. The van der Waals surface area contributed by atoms with Crippen LogP contribution in [-0.4, -0.2) is 30.7 Å². The van der Waals surface area contributed by atoms with Crippen LogP contribution in [0, 0.1) is 5.82 Å². The third-order valence-corrected chi connectivity index (χ3v) is 4.41. The summed E-state index contributed by atoms with van der Waals surface area (Å²) < 4.78 is 18.6. The van der Waals surface area contributed by atoms with Crippen molar-refractivity contribution in [3.05, 3.63) is 65.5 Å². The van der Waals surface area contributed by atoms with E-state index in [4.69, 9.17) is 4.74 Å². The van der Waals surface area contributed by atoms with Crippen LogP contribution >= 0.6 is 11.8 Å². The number of nitrogens with zero attached hydrogens (tertiary/aromatic N) is 1. The number of hydrogen-bond acceptors (Lipinski definition) is 3. The smallest absolute Gasteiger partial charge is 0.232 e. The molecule has 23 heavy (non-hydrogen) atoms. The van der Waals surface area contributed by atoms with Gasteiger partial charge in [0.15, 0.2) is 0 Å². The van der Waals surface area contributed by atoms with Gasteiger partial charge in [-0.3, -0.25) is 4.79 Å². The third kappa shape index (κ3) is 5.28. The summed E-state index contributed by atoms with van der Waals surface area (Å²) in [5.41, 5.74) is 1.67. The maximum atomic E-state index is 13.5. The van der Waals surface area contributed by atoms with E-state index >= 15 is 0 Å². The van der Waals surface area contributed by atoms with Gasteiger partial charge >= 0.3 is 0 Å². The molecule has 0 fully saturated rings. The normalized spacial score (nSPS) is 10.4. The SMILES string of the molecule is COc1ccc(CN(C)C(=O)CSCc2ccccc2F)cc1. The molecule has 2 aromatic rings. The average molecular weight is 333 g/mol. The van der Waals surface area contributed by atoms with Crippen LogP contribution in [0.2, 0.25) is 0 Å². The molecule has 3 nitrogen and oxygen atoms in total. The highest BCUT2D eigenvalue weighted by molar-refractivity contribution is 7.99. The lowest BCUT2D eigenvalue weighted by molar-refractivity contribution is -0.127. The second-order valence-electron chi connectivity index (χ2n) is 5.18. The van der Waals surface area contributed by atoms with Crippen molar-refractivity contribution in [3.63, 3.8) is 0 Å². The van der Waals surface area contributed by atoms with Crippen molar-refractivity contribution in [3.8, 4) is 5.75 Å². The number of thioether (sulfide) groups is 1. The van der Waals surface area contributed by atoms with E-state index in [1.54, 1.807) is 37.3 Å². The molecule has 0 aliphatic carbocycles. The number of halogens is 1. The zero-order chi connectivity index (χ0) is 16.7. The fraction of sp³-hybridized carbons (Fsp3) is 0.278. The predicted octanol–water partition coefficient (Wildman–Crippen LogP) is 3.73.